The van der Waals surface area contributed by atoms with E-state index in [0.717, 1.165) is 0 Å². The summed E-state index contributed by atoms with van der Waals surface area (Å²) in [7, 11) is 9.75. The molecule has 0 aliphatic carbocycles. The summed E-state index contributed by atoms with van der Waals surface area (Å²) < 4.78 is 9.70. The second-order valence-corrected chi connectivity index (χ2v) is 8.07. The summed E-state index contributed by atoms with van der Waals surface area (Å²) >= 11 is -0.472. The van der Waals surface area contributed by atoms with Crippen molar-refractivity contribution in [3.8, 4) is 11.5 Å². The topological polar surface area (TPSA) is 194 Å². The van der Waals surface area contributed by atoms with E-state index in [1.165, 1.54) is 0 Å². The molecule has 0 saturated heterocycles. The molecule has 6 N–H and O–H groups in total. The summed E-state index contributed by atoms with van der Waals surface area (Å²) in [5, 5.41) is 16.6. The minimum atomic E-state index is -1.03. The van der Waals surface area contributed by atoms with Gasteiger partial charge in [0.2, 0.25) is 0 Å². The number of rotatable bonds is 8. The van der Waals surface area contributed by atoms with Gasteiger partial charge in [0.15, 0.2) is 13.2 Å². The maximum Gasteiger partial charge on any atom is -0.693 e. The van der Waals surface area contributed by atoms with Gasteiger partial charge in [-0.1, -0.05) is 0 Å². The minimum Gasteiger partial charge on any atom is -0.693 e. The van der Waals surface area contributed by atoms with Crippen LogP contribution in [-0.2, 0) is 26.1 Å². The van der Waals surface area contributed by atoms with Gasteiger partial charge in [-0.2, -0.15) is 0 Å². The predicted molar refractivity (Wildman–Crippen MR) is 112 cm³/mol. The summed E-state index contributed by atoms with van der Waals surface area (Å²) in [6.07, 6.45) is 1.42. The van der Waals surface area contributed by atoms with Crippen LogP contribution in [0.2, 0.25) is 0 Å². The van der Waals surface area contributed by atoms with Gasteiger partial charge in [0, 0.05) is 11.1 Å². The zero-order chi connectivity index (χ0) is 22.1. The van der Waals surface area contributed by atoms with Gasteiger partial charge in [-0.3, -0.25) is 9.59 Å². The van der Waals surface area contributed by atoms with Gasteiger partial charge in [0.1, 0.15) is 24.1 Å². The quantitative estimate of drug-likeness (QED) is 0.380. The van der Waals surface area contributed by atoms with Crippen molar-refractivity contribution in [3.05, 3.63) is 72.0 Å². The van der Waals surface area contributed by atoms with Crippen LogP contribution in [0.25, 0.3) is 12.3 Å². The molecular formula is C18H20Cl2N2O8Pt. The second-order valence-electron chi connectivity index (χ2n) is 4.78. The number of hydrogen-bond acceptors (Lipinski definition) is 6. The van der Waals surface area contributed by atoms with Crippen LogP contribution in [-0.4, -0.2) is 47.9 Å². The summed E-state index contributed by atoms with van der Waals surface area (Å²) in [5.74, 6) is -1.18. The molecule has 0 aliphatic rings. The maximum atomic E-state index is 10.2. The molecule has 0 heterocycles. The third-order valence-electron chi connectivity index (χ3n) is 2.76. The summed E-state index contributed by atoms with van der Waals surface area (Å²) in [6, 6.07) is 12.4. The molecule has 0 unspecified atom stereocenters. The van der Waals surface area contributed by atoms with Gasteiger partial charge in [0.25, 0.3) is 0 Å². The van der Waals surface area contributed by atoms with Crippen LogP contribution in [0.3, 0.4) is 0 Å². The largest absolute Gasteiger partial charge is 0.693 e. The molecule has 0 bridgehead atoms. The Labute approximate surface area is 195 Å². The second kappa shape index (κ2) is 20.8. The molecule has 0 fully saturated rings. The molecule has 31 heavy (non-hydrogen) atoms. The number of carbonyl (C=O) groups is 4. The smallest absolute Gasteiger partial charge is 0.693 e. The first-order valence-electron chi connectivity index (χ1n) is 7.48. The van der Waals surface area contributed by atoms with Crippen LogP contribution < -0.4 is 9.47 Å². The number of halogens is 2. The molecule has 0 radical (unpaired) electrons. The molecule has 0 aliphatic heterocycles. The molecule has 2 rings (SSSR count). The van der Waals surface area contributed by atoms with Crippen molar-refractivity contribution >= 4 is 43.3 Å². The monoisotopic (exact) mass is 657 g/mol. The molecule has 2 aromatic rings. The van der Waals surface area contributed by atoms with Crippen LogP contribution in [0.5, 0.6) is 11.5 Å². The van der Waals surface area contributed by atoms with Crippen molar-refractivity contribution in [3.63, 3.8) is 0 Å². The fourth-order valence-corrected chi connectivity index (χ4v) is 1.58. The molecule has 2 aromatic carbocycles. The molecule has 10 nitrogen and oxygen atoms in total. The first-order chi connectivity index (χ1) is 13.9. The van der Waals surface area contributed by atoms with E-state index < -0.39 is 28.4 Å². The van der Waals surface area contributed by atoms with E-state index in [4.69, 9.17) is 38.5 Å². The average Bonchev–Trinajstić information content (AvgIpc) is 2.72. The molecule has 0 spiro atoms. The van der Waals surface area contributed by atoms with Crippen molar-refractivity contribution < 1.29 is 55.3 Å². The fourth-order valence-electron chi connectivity index (χ4n) is 1.58. The van der Waals surface area contributed by atoms with Crippen LogP contribution in [0.15, 0.2) is 48.5 Å². The number of benzene rings is 2. The van der Waals surface area contributed by atoms with Crippen molar-refractivity contribution in [2.75, 3.05) is 13.2 Å². The van der Waals surface area contributed by atoms with Gasteiger partial charge in [-0.05, 0) is 48.5 Å². The predicted octanol–water partition coefficient (Wildman–Crippen LogP) is 4.74. The van der Waals surface area contributed by atoms with Crippen LogP contribution in [0.4, 0.5) is 0 Å². The maximum absolute atomic E-state index is 10.2. The molecule has 0 saturated carbocycles. The Morgan fingerprint density at radius 3 is 1.19 bits per heavy atom. The number of carboxylic acids is 2. The normalized spacial score (nSPS) is 8.45. The summed E-state index contributed by atoms with van der Waals surface area (Å²) in [5.41, 5.74) is 1.06. The van der Waals surface area contributed by atoms with Crippen LogP contribution in [0.1, 0.15) is 20.7 Å². The minimum absolute atomic E-state index is 0. The van der Waals surface area contributed by atoms with E-state index in [1.807, 2.05) is 0 Å². The van der Waals surface area contributed by atoms with Crippen LogP contribution >= 0.6 is 18.8 Å². The number of nitrogens with two attached hydrogens (primary N) is 2. The van der Waals surface area contributed by atoms with E-state index in [-0.39, 0.29) is 25.5 Å². The number of carboxylic acid groups (broad SMARTS) is 2. The van der Waals surface area contributed by atoms with Gasteiger partial charge < -0.3 is 32.0 Å². The van der Waals surface area contributed by atoms with E-state index in [9.17, 15) is 19.2 Å². The van der Waals surface area contributed by atoms with E-state index >= 15 is 0 Å². The number of ether oxygens (including phenoxy) is 2. The van der Waals surface area contributed by atoms with Gasteiger partial charge >= 0.3 is 47.3 Å². The summed E-state index contributed by atoms with van der Waals surface area (Å²) in [6.45, 7) is -0.749. The van der Waals surface area contributed by atoms with Gasteiger partial charge in [0.05, 0.1) is 0 Å². The number of aldehydes is 2. The average molecular weight is 658 g/mol. The number of hydrogen-bond donors (Lipinski definition) is 2. The zero-order valence-electron chi connectivity index (χ0n) is 15.8. The third kappa shape index (κ3) is 18.0. The Hall–Kier alpha value is -2.49. The molecular weight excluding hydrogens is 638 g/mol. The standard InChI is InChI=1S/2C9H8O4.2ClH.2H2N.Pt/c2*10-5-7-1-3-8(4-2-7)13-6-9(11)12;;;;;/h2*1-5H,6H2,(H,11,12);2*1H;2*1H2;/q;;;;2*-1;+4/p-2. The van der Waals surface area contributed by atoms with Crippen LogP contribution in [0, 0.1) is 0 Å². The Bertz CT molecular complexity index is 712. The van der Waals surface area contributed by atoms with Gasteiger partial charge in [-0.25, -0.2) is 9.59 Å². The molecule has 0 amide bonds. The van der Waals surface area contributed by atoms with Crippen molar-refractivity contribution in [1.82, 2.24) is 0 Å². The van der Waals surface area contributed by atoms with Crippen molar-refractivity contribution in [1.29, 1.82) is 0 Å². The molecule has 174 valence electrons. The summed E-state index contributed by atoms with van der Waals surface area (Å²) in [4.78, 5) is 40.7. The SMILES string of the molecule is O=Cc1ccc(OCC(=O)O)cc1.O=Cc1ccc(OCC(=O)O)cc1.[Cl][Pt+2][Cl].[NH2-].[NH2-]. The molecule has 0 aromatic heterocycles. The van der Waals surface area contributed by atoms with E-state index in [1.54, 1.807) is 48.5 Å². The first kappa shape index (κ1) is 33.2. The molecule has 0 atom stereocenters. The third-order valence-corrected chi connectivity index (χ3v) is 2.76. The Morgan fingerprint density at radius 1 is 0.742 bits per heavy atom. The Morgan fingerprint density at radius 2 is 1.00 bits per heavy atom. The van der Waals surface area contributed by atoms with Crippen molar-refractivity contribution in [2.45, 2.75) is 0 Å². The van der Waals surface area contributed by atoms with Crippen molar-refractivity contribution in [2.24, 2.45) is 0 Å². The Kier molecular flexibility index (Phi) is 22.2. The first-order valence-corrected chi connectivity index (χ1v) is 13.1. The Balaban J connectivity index is -0.000000424. The number of carbonyl (C=O) groups excluding carboxylic acids is 2. The zero-order valence-corrected chi connectivity index (χ0v) is 19.5. The van der Waals surface area contributed by atoms with E-state index in [0.29, 0.717) is 35.2 Å². The fraction of sp³-hybridized carbons (Fsp3) is 0.111. The van der Waals surface area contributed by atoms with Gasteiger partial charge in [-0.15, -0.1) is 0 Å². The van der Waals surface area contributed by atoms with E-state index in [2.05, 4.69) is 0 Å². The number of aliphatic carboxylic acids is 2. The molecule has 13 heteroatoms.